The Hall–Kier alpha value is -1.58. The number of ketones is 1. The van der Waals surface area contributed by atoms with Gasteiger partial charge in [-0.05, 0) is 37.5 Å². The molecule has 8 nitrogen and oxygen atoms in total. The Labute approximate surface area is 171 Å². The maximum absolute atomic E-state index is 12.2. The predicted octanol–water partition coefficient (Wildman–Crippen LogP) is 0.479. The Bertz CT molecular complexity index is 606. The molecule has 0 bridgehead atoms. The second kappa shape index (κ2) is 11.6. The van der Waals surface area contributed by atoms with Crippen molar-refractivity contribution in [3.8, 4) is 0 Å². The standard InChI is InChI=1S/C21H33NO7/c23-13-9-7-5-3-1-2-4-6-8-10-18(26)22-15-14-21(29-20(15)28)17(25)12-11-16(24)19(21)27/h8,10-12,15-16,19-20,23-24,27-28H,1-7,9,13-14H2,(H,22,26). The van der Waals surface area contributed by atoms with Crippen LogP contribution in [0, 0.1) is 0 Å². The molecular weight excluding hydrogens is 378 g/mol. The number of carbonyl (C=O) groups excluding carboxylic acids is 2. The summed E-state index contributed by atoms with van der Waals surface area (Å²) in [7, 11) is 0. The number of aliphatic hydroxyl groups is 4. The van der Waals surface area contributed by atoms with Crippen molar-refractivity contribution in [2.75, 3.05) is 6.61 Å². The van der Waals surface area contributed by atoms with E-state index >= 15 is 0 Å². The number of ether oxygens (including phenoxy) is 1. The first kappa shape index (κ1) is 23.7. The number of allylic oxidation sites excluding steroid dienone is 1. The van der Waals surface area contributed by atoms with Crippen molar-refractivity contribution in [2.24, 2.45) is 0 Å². The van der Waals surface area contributed by atoms with Gasteiger partial charge in [0.15, 0.2) is 17.7 Å². The Balaban J connectivity index is 1.69. The van der Waals surface area contributed by atoms with E-state index < -0.39 is 41.8 Å². The fourth-order valence-electron chi connectivity index (χ4n) is 3.78. The highest BCUT2D eigenvalue weighted by Crippen LogP contribution is 2.37. The van der Waals surface area contributed by atoms with E-state index in [1.165, 1.54) is 12.2 Å². The molecule has 1 aliphatic carbocycles. The third kappa shape index (κ3) is 6.45. The second-order valence-corrected chi connectivity index (χ2v) is 7.77. The van der Waals surface area contributed by atoms with Crippen LogP contribution in [0.3, 0.4) is 0 Å². The van der Waals surface area contributed by atoms with Crippen LogP contribution in [0.15, 0.2) is 24.3 Å². The summed E-state index contributed by atoms with van der Waals surface area (Å²) in [5.41, 5.74) is -1.74. The molecule has 0 aromatic rings. The minimum atomic E-state index is -1.74. The summed E-state index contributed by atoms with van der Waals surface area (Å²) < 4.78 is 5.30. The fraction of sp³-hybridized carbons (Fsp3) is 0.714. The maximum Gasteiger partial charge on any atom is 0.244 e. The van der Waals surface area contributed by atoms with Crippen LogP contribution < -0.4 is 5.32 Å². The lowest BCUT2D eigenvalue weighted by molar-refractivity contribution is -0.196. The fourth-order valence-corrected chi connectivity index (χ4v) is 3.78. The van der Waals surface area contributed by atoms with Gasteiger partial charge in [0.25, 0.3) is 0 Å². The molecule has 1 saturated heterocycles. The van der Waals surface area contributed by atoms with Crippen LogP contribution in [-0.4, -0.2) is 68.9 Å². The molecule has 29 heavy (non-hydrogen) atoms. The molecule has 164 valence electrons. The number of carbonyl (C=O) groups is 2. The molecule has 1 amide bonds. The zero-order valence-corrected chi connectivity index (χ0v) is 16.7. The molecular formula is C21H33NO7. The Kier molecular flexibility index (Phi) is 9.45. The highest BCUT2D eigenvalue weighted by atomic mass is 16.6. The molecule has 5 unspecified atom stereocenters. The Morgan fingerprint density at radius 3 is 2.48 bits per heavy atom. The van der Waals surface area contributed by atoms with Crippen LogP contribution in [0.2, 0.25) is 0 Å². The van der Waals surface area contributed by atoms with Crippen LogP contribution in [0.25, 0.3) is 0 Å². The molecule has 1 heterocycles. The van der Waals surface area contributed by atoms with E-state index in [2.05, 4.69) is 5.32 Å². The quantitative estimate of drug-likeness (QED) is 0.246. The van der Waals surface area contributed by atoms with Crippen molar-refractivity contribution in [2.45, 2.75) is 87.9 Å². The molecule has 1 spiro atoms. The molecule has 2 rings (SSSR count). The van der Waals surface area contributed by atoms with Crippen LogP contribution in [-0.2, 0) is 14.3 Å². The summed E-state index contributed by atoms with van der Waals surface area (Å²) in [4.78, 5) is 24.3. The zero-order chi connectivity index (χ0) is 21.3. The number of nitrogens with one attached hydrogen (secondary N) is 1. The maximum atomic E-state index is 12.2. The van der Waals surface area contributed by atoms with Gasteiger partial charge in [-0.1, -0.05) is 38.2 Å². The van der Waals surface area contributed by atoms with E-state index in [9.17, 15) is 24.9 Å². The summed E-state index contributed by atoms with van der Waals surface area (Å²) in [6.45, 7) is 0.258. The molecule has 5 N–H and O–H groups in total. The molecule has 2 aliphatic rings. The van der Waals surface area contributed by atoms with E-state index in [4.69, 9.17) is 9.84 Å². The Morgan fingerprint density at radius 1 is 1.14 bits per heavy atom. The lowest BCUT2D eigenvalue weighted by Gasteiger charge is -2.35. The molecule has 8 heteroatoms. The predicted molar refractivity (Wildman–Crippen MR) is 106 cm³/mol. The van der Waals surface area contributed by atoms with E-state index in [0.29, 0.717) is 0 Å². The topological polar surface area (TPSA) is 136 Å². The minimum Gasteiger partial charge on any atom is -0.396 e. The van der Waals surface area contributed by atoms with Gasteiger partial charge in [-0.2, -0.15) is 0 Å². The van der Waals surface area contributed by atoms with Gasteiger partial charge in [-0.3, -0.25) is 9.59 Å². The van der Waals surface area contributed by atoms with Gasteiger partial charge in [0, 0.05) is 13.0 Å². The normalized spacial score (nSPS) is 31.8. The van der Waals surface area contributed by atoms with E-state index in [0.717, 1.165) is 57.4 Å². The van der Waals surface area contributed by atoms with E-state index in [-0.39, 0.29) is 13.0 Å². The van der Waals surface area contributed by atoms with Gasteiger partial charge < -0.3 is 30.5 Å². The molecule has 5 atom stereocenters. The van der Waals surface area contributed by atoms with E-state index in [1.54, 1.807) is 6.08 Å². The third-order valence-electron chi connectivity index (χ3n) is 5.49. The first-order chi connectivity index (χ1) is 13.9. The number of aliphatic hydroxyl groups excluding tert-OH is 4. The van der Waals surface area contributed by atoms with Gasteiger partial charge in [0.1, 0.15) is 12.2 Å². The molecule has 0 saturated carbocycles. The number of unbranched alkanes of at least 4 members (excludes halogenated alkanes) is 7. The average Bonchev–Trinajstić information content (AvgIpc) is 3.02. The van der Waals surface area contributed by atoms with Crippen molar-refractivity contribution >= 4 is 11.7 Å². The summed E-state index contributed by atoms with van der Waals surface area (Å²) >= 11 is 0. The van der Waals surface area contributed by atoms with Crippen molar-refractivity contribution < 1.29 is 34.8 Å². The van der Waals surface area contributed by atoms with E-state index in [1.807, 2.05) is 0 Å². The van der Waals surface area contributed by atoms with Gasteiger partial charge >= 0.3 is 0 Å². The monoisotopic (exact) mass is 411 g/mol. The average molecular weight is 411 g/mol. The van der Waals surface area contributed by atoms with Crippen LogP contribution >= 0.6 is 0 Å². The highest BCUT2D eigenvalue weighted by Gasteiger charge is 2.58. The Morgan fingerprint density at radius 2 is 1.79 bits per heavy atom. The summed E-state index contributed by atoms with van der Waals surface area (Å²) in [5.74, 6) is -0.953. The number of hydrogen-bond acceptors (Lipinski definition) is 7. The highest BCUT2D eigenvalue weighted by molar-refractivity contribution is 5.99. The zero-order valence-electron chi connectivity index (χ0n) is 16.7. The number of hydrogen-bond donors (Lipinski definition) is 5. The summed E-state index contributed by atoms with van der Waals surface area (Å²) in [6, 6.07) is -0.858. The second-order valence-electron chi connectivity index (χ2n) is 7.77. The SMILES string of the molecule is O=C(C=CCCCCCCCCCO)NC1CC2(OC1O)C(=O)C=CC(O)C2O. The largest absolute Gasteiger partial charge is 0.396 e. The molecule has 0 radical (unpaired) electrons. The summed E-state index contributed by atoms with van der Waals surface area (Å²) in [5, 5.41) is 41.3. The first-order valence-electron chi connectivity index (χ1n) is 10.4. The first-order valence-corrected chi connectivity index (χ1v) is 10.4. The molecule has 0 aromatic carbocycles. The lowest BCUT2D eigenvalue weighted by atomic mass is 9.80. The van der Waals surface area contributed by atoms with Crippen molar-refractivity contribution in [3.63, 3.8) is 0 Å². The van der Waals surface area contributed by atoms with Crippen LogP contribution in [0.5, 0.6) is 0 Å². The molecule has 0 aromatic heterocycles. The smallest absolute Gasteiger partial charge is 0.244 e. The number of amides is 1. The van der Waals surface area contributed by atoms with Crippen molar-refractivity contribution in [1.82, 2.24) is 5.32 Å². The molecule has 1 fully saturated rings. The van der Waals surface area contributed by atoms with Gasteiger partial charge in [0.05, 0.1) is 6.04 Å². The number of rotatable bonds is 11. The summed E-state index contributed by atoms with van der Waals surface area (Å²) in [6.07, 6.45) is 9.30. The van der Waals surface area contributed by atoms with Gasteiger partial charge in [-0.25, -0.2) is 0 Å². The van der Waals surface area contributed by atoms with Crippen LogP contribution in [0.4, 0.5) is 0 Å². The van der Waals surface area contributed by atoms with Gasteiger partial charge in [0.2, 0.25) is 5.91 Å². The minimum absolute atomic E-state index is 0.120. The van der Waals surface area contributed by atoms with Crippen molar-refractivity contribution in [3.05, 3.63) is 24.3 Å². The van der Waals surface area contributed by atoms with Gasteiger partial charge in [-0.15, -0.1) is 0 Å². The van der Waals surface area contributed by atoms with Crippen molar-refractivity contribution in [1.29, 1.82) is 0 Å². The lowest BCUT2D eigenvalue weighted by Crippen LogP contribution is -2.56. The third-order valence-corrected chi connectivity index (χ3v) is 5.49. The molecule has 1 aliphatic heterocycles. The van der Waals surface area contributed by atoms with Crippen LogP contribution in [0.1, 0.15) is 57.8 Å².